The molecule has 3 heteroatoms. The number of pyridine rings is 1. The Morgan fingerprint density at radius 3 is 2.31 bits per heavy atom. The molecule has 5 aromatic carbocycles. The van der Waals surface area contributed by atoms with Crippen LogP contribution in [0.15, 0.2) is 102 Å². The van der Waals surface area contributed by atoms with Gasteiger partial charge in [0.15, 0.2) is 0 Å². The molecule has 36 heavy (non-hydrogen) atoms. The summed E-state index contributed by atoms with van der Waals surface area (Å²) in [6.45, 7) is 4.53. The molecule has 0 amide bonds. The molecule has 1 aliphatic carbocycles. The molecule has 0 radical (unpaired) electrons. The second-order valence-electron chi connectivity index (χ2n) is 10.4. The number of nitrogens with zero attached hydrogens (tertiary/aromatic N) is 2. The Labute approximate surface area is 207 Å². The van der Waals surface area contributed by atoms with E-state index in [0.29, 0.717) is 0 Å². The topological polar surface area (TPSA) is 34.4 Å². The highest BCUT2D eigenvalue weighted by atomic mass is 16.1. The number of fused-ring (bicyclic) bond motifs is 7. The van der Waals surface area contributed by atoms with Crippen LogP contribution in [0.3, 0.4) is 0 Å². The maximum Gasteiger partial charge on any atom is 0.264 e. The second-order valence-corrected chi connectivity index (χ2v) is 10.4. The monoisotopic (exact) mass is 462 g/mol. The van der Waals surface area contributed by atoms with Gasteiger partial charge in [-0.25, -0.2) is 4.98 Å². The fourth-order valence-electron chi connectivity index (χ4n) is 6.42. The van der Waals surface area contributed by atoms with Gasteiger partial charge >= 0.3 is 0 Å². The highest BCUT2D eigenvalue weighted by molar-refractivity contribution is 6.19. The van der Waals surface area contributed by atoms with Crippen molar-refractivity contribution in [1.29, 1.82) is 0 Å². The maximum absolute atomic E-state index is 14.0. The Kier molecular flexibility index (Phi) is 3.61. The molecule has 1 aliphatic rings. The molecule has 0 atom stereocenters. The van der Waals surface area contributed by atoms with Crippen LogP contribution in [0.5, 0.6) is 0 Å². The highest BCUT2D eigenvalue weighted by Crippen LogP contribution is 2.49. The number of rotatable bonds is 1. The van der Waals surface area contributed by atoms with E-state index in [-0.39, 0.29) is 11.0 Å². The van der Waals surface area contributed by atoms with Gasteiger partial charge in [0.05, 0.1) is 11.0 Å². The molecule has 0 aliphatic heterocycles. The molecule has 2 aromatic heterocycles. The molecule has 0 bridgehead atoms. The van der Waals surface area contributed by atoms with Gasteiger partial charge in [-0.05, 0) is 63.0 Å². The van der Waals surface area contributed by atoms with Crippen LogP contribution in [0.4, 0.5) is 0 Å². The third kappa shape index (κ3) is 2.33. The van der Waals surface area contributed by atoms with Crippen molar-refractivity contribution in [2.75, 3.05) is 0 Å². The van der Waals surface area contributed by atoms with E-state index in [0.717, 1.165) is 49.4 Å². The zero-order chi connectivity index (χ0) is 24.2. The summed E-state index contributed by atoms with van der Waals surface area (Å²) in [7, 11) is 0. The molecule has 3 nitrogen and oxygen atoms in total. The lowest BCUT2D eigenvalue weighted by Gasteiger charge is -2.21. The fraction of sp³-hybridized carbons (Fsp3) is 0.0909. The lowest BCUT2D eigenvalue weighted by Crippen LogP contribution is -2.16. The highest BCUT2D eigenvalue weighted by Gasteiger charge is 2.36. The van der Waals surface area contributed by atoms with Crippen LogP contribution >= 0.6 is 0 Å². The van der Waals surface area contributed by atoms with E-state index in [9.17, 15) is 4.79 Å². The van der Waals surface area contributed by atoms with E-state index in [1.807, 2.05) is 34.7 Å². The number of imidazole rings is 1. The van der Waals surface area contributed by atoms with Crippen LogP contribution in [-0.2, 0) is 5.41 Å². The molecule has 0 fully saturated rings. The Bertz CT molecular complexity index is 2080. The fourth-order valence-corrected chi connectivity index (χ4v) is 6.42. The lowest BCUT2D eigenvalue weighted by atomic mass is 9.82. The molecule has 0 saturated heterocycles. The summed E-state index contributed by atoms with van der Waals surface area (Å²) < 4.78 is 1.83. The van der Waals surface area contributed by atoms with E-state index >= 15 is 0 Å². The van der Waals surface area contributed by atoms with Crippen LogP contribution in [0.25, 0.3) is 60.5 Å². The predicted molar refractivity (Wildman–Crippen MR) is 148 cm³/mol. The zero-order valence-corrected chi connectivity index (χ0v) is 20.0. The van der Waals surface area contributed by atoms with Gasteiger partial charge in [-0.3, -0.25) is 9.20 Å². The Balaban J connectivity index is 1.52. The summed E-state index contributed by atoms with van der Waals surface area (Å²) in [4.78, 5) is 19.1. The van der Waals surface area contributed by atoms with Gasteiger partial charge in [-0.2, -0.15) is 0 Å². The summed E-state index contributed by atoms with van der Waals surface area (Å²) in [6.07, 6.45) is 0. The summed E-state index contributed by atoms with van der Waals surface area (Å²) >= 11 is 0. The van der Waals surface area contributed by atoms with Gasteiger partial charge in [-0.15, -0.1) is 0 Å². The van der Waals surface area contributed by atoms with Crippen molar-refractivity contribution in [3.05, 3.63) is 119 Å². The van der Waals surface area contributed by atoms with E-state index < -0.39 is 0 Å². The van der Waals surface area contributed by atoms with Gasteiger partial charge in [0, 0.05) is 21.6 Å². The van der Waals surface area contributed by atoms with Gasteiger partial charge < -0.3 is 0 Å². The van der Waals surface area contributed by atoms with Crippen LogP contribution in [0.2, 0.25) is 0 Å². The third-order valence-corrected chi connectivity index (χ3v) is 8.16. The van der Waals surface area contributed by atoms with Crippen molar-refractivity contribution >= 4 is 38.2 Å². The minimum absolute atomic E-state index is 0.0101. The number of hydrogen-bond acceptors (Lipinski definition) is 2. The van der Waals surface area contributed by atoms with Crippen molar-refractivity contribution in [3.8, 4) is 22.3 Å². The smallest absolute Gasteiger partial charge is 0.264 e. The van der Waals surface area contributed by atoms with Crippen molar-refractivity contribution in [2.45, 2.75) is 19.3 Å². The van der Waals surface area contributed by atoms with Crippen LogP contribution in [0.1, 0.15) is 25.0 Å². The molecule has 170 valence electrons. The van der Waals surface area contributed by atoms with Crippen molar-refractivity contribution in [3.63, 3.8) is 0 Å². The third-order valence-electron chi connectivity index (χ3n) is 8.16. The maximum atomic E-state index is 14.0. The van der Waals surface area contributed by atoms with Crippen LogP contribution in [0, 0.1) is 0 Å². The number of hydrogen-bond donors (Lipinski definition) is 0. The van der Waals surface area contributed by atoms with Crippen molar-refractivity contribution < 1.29 is 0 Å². The molecule has 7 aromatic rings. The molecule has 0 unspecified atom stereocenters. The largest absolute Gasteiger partial charge is 0.268 e. The van der Waals surface area contributed by atoms with Gasteiger partial charge in [0.2, 0.25) is 0 Å². The average molecular weight is 463 g/mol. The molecular weight excluding hydrogens is 440 g/mol. The predicted octanol–water partition coefficient (Wildman–Crippen LogP) is 7.57. The van der Waals surface area contributed by atoms with E-state index in [1.54, 1.807) is 0 Å². The standard InChI is InChI=1S/C33H22N2O/c1-33(2)26-14-7-6-11-21(26)25-17-28-29(18-27(25)33)35-31(34-28)23-16-15-20(19-9-4-3-5-10-19)22-12-8-13-24(30(22)23)32(35)36/h3-18H,1-2H3. The minimum atomic E-state index is -0.134. The van der Waals surface area contributed by atoms with Gasteiger partial charge in [0.1, 0.15) is 5.65 Å². The summed E-state index contributed by atoms with van der Waals surface area (Å²) in [5.41, 5.74) is 9.64. The first-order chi connectivity index (χ1) is 17.5. The number of aromatic nitrogens is 2. The van der Waals surface area contributed by atoms with Crippen LogP contribution in [-0.4, -0.2) is 9.38 Å². The normalized spacial score (nSPS) is 14.2. The summed E-state index contributed by atoms with van der Waals surface area (Å²) in [5, 5.41) is 3.82. The van der Waals surface area contributed by atoms with E-state index in [1.165, 1.54) is 22.3 Å². The van der Waals surface area contributed by atoms with Gasteiger partial charge in [-0.1, -0.05) is 86.6 Å². The molecule has 0 saturated carbocycles. The Morgan fingerprint density at radius 1 is 0.667 bits per heavy atom. The second kappa shape index (κ2) is 6.58. The minimum Gasteiger partial charge on any atom is -0.268 e. The molecule has 2 heterocycles. The van der Waals surface area contributed by atoms with Crippen LogP contribution < -0.4 is 5.56 Å². The molecular formula is C33H22N2O. The molecule has 8 rings (SSSR count). The Hall–Kier alpha value is -4.50. The molecule has 0 N–H and O–H groups in total. The van der Waals surface area contributed by atoms with E-state index in [2.05, 4.69) is 80.6 Å². The zero-order valence-electron chi connectivity index (χ0n) is 20.0. The summed E-state index contributed by atoms with van der Waals surface area (Å²) in [6, 6.07) is 33.7. The molecule has 0 spiro atoms. The van der Waals surface area contributed by atoms with Gasteiger partial charge in [0.25, 0.3) is 5.56 Å². The van der Waals surface area contributed by atoms with Crippen molar-refractivity contribution in [1.82, 2.24) is 9.38 Å². The van der Waals surface area contributed by atoms with E-state index in [4.69, 9.17) is 4.98 Å². The average Bonchev–Trinajstić information content (AvgIpc) is 3.39. The number of benzene rings is 5. The SMILES string of the molecule is CC1(C)c2ccccc2-c2cc3nc4c5ccc(-c6ccccc6)c6cccc(c(=O)n4c3cc21)c65. The quantitative estimate of drug-likeness (QED) is 0.252. The Morgan fingerprint density at radius 2 is 1.44 bits per heavy atom. The van der Waals surface area contributed by atoms with Crippen molar-refractivity contribution in [2.24, 2.45) is 0 Å². The lowest BCUT2D eigenvalue weighted by molar-refractivity contribution is 0.661. The first kappa shape index (κ1) is 19.8. The first-order valence-electron chi connectivity index (χ1n) is 12.4. The first-order valence-corrected chi connectivity index (χ1v) is 12.4. The summed E-state index contributed by atoms with van der Waals surface area (Å²) in [5.74, 6) is 0.